The number of benzene rings is 1. The van der Waals surface area contributed by atoms with Gasteiger partial charge in [0.1, 0.15) is 10.9 Å². The summed E-state index contributed by atoms with van der Waals surface area (Å²) in [6.45, 7) is 6.20. The molecule has 1 aromatic carbocycles. The zero-order chi connectivity index (χ0) is 14.9. The van der Waals surface area contributed by atoms with Crippen LogP contribution in [-0.2, 0) is 0 Å². The normalized spacial score (nSPS) is 10.9. The van der Waals surface area contributed by atoms with Crippen LogP contribution in [0.4, 0.5) is 0 Å². The van der Waals surface area contributed by atoms with E-state index in [4.69, 9.17) is 16.3 Å². The van der Waals surface area contributed by atoms with Crippen LogP contribution in [-0.4, -0.2) is 17.1 Å². The number of ether oxygens (including phenoxy) is 1. The second-order valence-electron chi connectivity index (χ2n) is 4.88. The monoisotopic (exact) mass is 402 g/mol. The number of halogens is 2. The molecule has 0 aliphatic carbocycles. The molecule has 0 spiro atoms. The fourth-order valence-electron chi connectivity index (χ4n) is 1.97. The van der Waals surface area contributed by atoms with Crippen LogP contribution in [0.5, 0.6) is 5.75 Å². The lowest BCUT2D eigenvalue weighted by atomic mass is 10.1. The molecule has 0 radical (unpaired) electrons. The molecule has 0 fully saturated rings. The Labute approximate surface area is 137 Å². The van der Waals surface area contributed by atoms with Gasteiger partial charge in [0.2, 0.25) is 0 Å². The van der Waals surface area contributed by atoms with Crippen molar-refractivity contribution in [2.45, 2.75) is 26.7 Å². The quantitative estimate of drug-likeness (QED) is 0.544. The summed E-state index contributed by atoms with van der Waals surface area (Å²) in [5, 5.41) is 0.507. The van der Waals surface area contributed by atoms with Crippen molar-refractivity contribution in [1.29, 1.82) is 0 Å². The Bertz CT molecular complexity index is 644. The predicted molar refractivity (Wildman–Crippen MR) is 90.6 cm³/mol. The standard InChI is InChI=1S/C15H16ClIN2O/c1-8(2)13-12(17)14(16)19-15(18-13)10-5-6-11(20-4)9(3)7-10/h5-8H,1-4H3. The second kappa shape index (κ2) is 6.26. The lowest BCUT2D eigenvalue weighted by Gasteiger charge is -2.12. The third-order valence-corrected chi connectivity index (χ3v) is 4.69. The first-order valence-electron chi connectivity index (χ1n) is 6.32. The van der Waals surface area contributed by atoms with Gasteiger partial charge < -0.3 is 4.74 Å². The molecule has 20 heavy (non-hydrogen) atoms. The average Bonchev–Trinajstić information content (AvgIpc) is 2.41. The number of rotatable bonds is 3. The molecular weight excluding hydrogens is 387 g/mol. The van der Waals surface area contributed by atoms with Crippen LogP contribution in [0, 0.1) is 10.5 Å². The van der Waals surface area contributed by atoms with Gasteiger partial charge in [-0.2, -0.15) is 0 Å². The third kappa shape index (κ3) is 3.06. The molecule has 0 aliphatic heterocycles. The summed E-state index contributed by atoms with van der Waals surface area (Å²) in [5.74, 6) is 1.82. The molecular formula is C15H16ClIN2O. The van der Waals surface area contributed by atoms with Crippen molar-refractivity contribution in [2.24, 2.45) is 0 Å². The van der Waals surface area contributed by atoms with Crippen LogP contribution in [0.15, 0.2) is 18.2 Å². The SMILES string of the molecule is COc1ccc(-c2nc(Cl)c(I)c(C(C)C)n2)cc1C. The van der Waals surface area contributed by atoms with E-state index in [-0.39, 0.29) is 0 Å². The van der Waals surface area contributed by atoms with E-state index in [1.54, 1.807) is 7.11 Å². The van der Waals surface area contributed by atoms with E-state index in [1.807, 2.05) is 25.1 Å². The van der Waals surface area contributed by atoms with Crippen molar-refractivity contribution in [1.82, 2.24) is 9.97 Å². The molecule has 3 nitrogen and oxygen atoms in total. The summed E-state index contributed by atoms with van der Waals surface area (Å²) < 4.78 is 6.20. The molecule has 2 aromatic rings. The highest BCUT2D eigenvalue weighted by Crippen LogP contribution is 2.29. The minimum Gasteiger partial charge on any atom is -0.496 e. The van der Waals surface area contributed by atoms with E-state index >= 15 is 0 Å². The van der Waals surface area contributed by atoms with E-state index in [1.165, 1.54) is 0 Å². The van der Waals surface area contributed by atoms with Crippen molar-refractivity contribution in [3.8, 4) is 17.1 Å². The van der Waals surface area contributed by atoms with Crippen molar-refractivity contribution < 1.29 is 4.74 Å². The highest BCUT2D eigenvalue weighted by Gasteiger charge is 2.15. The van der Waals surface area contributed by atoms with Crippen molar-refractivity contribution in [2.75, 3.05) is 7.11 Å². The fourth-order valence-corrected chi connectivity index (χ4v) is 3.01. The van der Waals surface area contributed by atoms with E-state index in [2.05, 4.69) is 46.4 Å². The molecule has 1 aromatic heterocycles. The molecule has 0 amide bonds. The number of methoxy groups -OCH3 is 1. The van der Waals surface area contributed by atoms with Crippen LogP contribution in [0.2, 0.25) is 5.15 Å². The molecule has 106 valence electrons. The first kappa shape index (κ1) is 15.5. The summed E-state index contributed by atoms with van der Waals surface area (Å²) in [5.41, 5.74) is 2.98. The van der Waals surface area contributed by atoms with Gasteiger partial charge in [0.25, 0.3) is 0 Å². The topological polar surface area (TPSA) is 35.0 Å². The lowest BCUT2D eigenvalue weighted by molar-refractivity contribution is 0.412. The van der Waals surface area contributed by atoms with Crippen molar-refractivity contribution in [3.63, 3.8) is 0 Å². The number of aryl methyl sites for hydroxylation is 1. The summed E-state index contributed by atoms with van der Waals surface area (Å²) in [6, 6.07) is 5.89. The Morgan fingerprint density at radius 3 is 2.50 bits per heavy atom. The van der Waals surface area contributed by atoms with Gasteiger partial charge in [0.15, 0.2) is 5.82 Å². The van der Waals surface area contributed by atoms with Gasteiger partial charge in [-0.1, -0.05) is 25.4 Å². The van der Waals surface area contributed by atoms with Crippen molar-refractivity contribution in [3.05, 3.63) is 38.2 Å². The maximum absolute atomic E-state index is 6.23. The minimum atomic E-state index is 0.306. The summed E-state index contributed by atoms with van der Waals surface area (Å²) in [7, 11) is 1.66. The first-order valence-corrected chi connectivity index (χ1v) is 7.77. The van der Waals surface area contributed by atoms with Crippen molar-refractivity contribution >= 4 is 34.2 Å². The molecule has 5 heteroatoms. The molecule has 0 N–H and O–H groups in total. The van der Waals surface area contributed by atoms with Crippen LogP contribution >= 0.6 is 34.2 Å². The fraction of sp³-hybridized carbons (Fsp3) is 0.333. The maximum atomic E-state index is 6.23. The number of aromatic nitrogens is 2. The maximum Gasteiger partial charge on any atom is 0.161 e. The lowest BCUT2D eigenvalue weighted by Crippen LogP contribution is -2.02. The molecule has 0 atom stereocenters. The van der Waals surface area contributed by atoms with Gasteiger partial charge >= 0.3 is 0 Å². The number of hydrogen-bond acceptors (Lipinski definition) is 3. The zero-order valence-electron chi connectivity index (χ0n) is 11.9. The molecule has 0 saturated heterocycles. The van der Waals surface area contributed by atoms with E-state index in [0.29, 0.717) is 16.9 Å². The Morgan fingerprint density at radius 2 is 1.95 bits per heavy atom. The molecule has 2 rings (SSSR count). The summed E-state index contributed by atoms with van der Waals surface area (Å²) in [4.78, 5) is 9.04. The van der Waals surface area contributed by atoms with E-state index in [9.17, 15) is 0 Å². The Balaban J connectivity index is 2.55. The predicted octanol–water partition coefficient (Wildman–Crippen LogP) is 4.84. The van der Waals surface area contributed by atoms with Crippen LogP contribution in [0.3, 0.4) is 0 Å². The smallest absolute Gasteiger partial charge is 0.161 e. The Morgan fingerprint density at radius 1 is 1.25 bits per heavy atom. The molecule has 0 saturated carbocycles. The Kier molecular flexibility index (Phi) is 4.86. The highest BCUT2D eigenvalue weighted by molar-refractivity contribution is 14.1. The summed E-state index contributed by atoms with van der Waals surface area (Å²) in [6.07, 6.45) is 0. The molecule has 1 heterocycles. The largest absolute Gasteiger partial charge is 0.496 e. The van der Waals surface area contributed by atoms with Crippen LogP contribution < -0.4 is 4.74 Å². The van der Waals surface area contributed by atoms with Gasteiger partial charge in [-0.3, -0.25) is 0 Å². The van der Waals surface area contributed by atoms with Crippen LogP contribution in [0.25, 0.3) is 11.4 Å². The van der Waals surface area contributed by atoms with Gasteiger partial charge in [-0.25, -0.2) is 9.97 Å². The molecule has 0 aliphatic rings. The van der Waals surface area contributed by atoms with Gasteiger partial charge in [0, 0.05) is 5.56 Å². The van der Waals surface area contributed by atoms with Gasteiger partial charge in [-0.15, -0.1) is 0 Å². The number of hydrogen-bond donors (Lipinski definition) is 0. The van der Waals surface area contributed by atoms with Gasteiger partial charge in [-0.05, 0) is 59.2 Å². The third-order valence-electron chi connectivity index (χ3n) is 3.04. The van der Waals surface area contributed by atoms with Gasteiger partial charge in [0.05, 0.1) is 16.4 Å². The second-order valence-corrected chi connectivity index (χ2v) is 6.31. The first-order chi connectivity index (χ1) is 9.43. The highest BCUT2D eigenvalue weighted by atomic mass is 127. The van der Waals surface area contributed by atoms with Crippen LogP contribution in [0.1, 0.15) is 31.0 Å². The molecule has 0 unspecified atom stereocenters. The number of nitrogens with zero attached hydrogens (tertiary/aromatic N) is 2. The molecule has 0 bridgehead atoms. The minimum absolute atomic E-state index is 0.306. The van der Waals surface area contributed by atoms with E-state index in [0.717, 1.165) is 26.1 Å². The zero-order valence-corrected chi connectivity index (χ0v) is 14.8. The average molecular weight is 403 g/mol. The summed E-state index contributed by atoms with van der Waals surface area (Å²) >= 11 is 8.43. The van der Waals surface area contributed by atoms with E-state index < -0.39 is 0 Å². The Hall–Kier alpha value is -0.880.